The molecule has 0 radical (unpaired) electrons. The van der Waals surface area contributed by atoms with E-state index in [0.717, 1.165) is 0 Å². The Labute approximate surface area is 105 Å². The molecule has 0 aromatic carbocycles. The van der Waals surface area contributed by atoms with Crippen molar-refractivity contribution in [2.45, 2.75) is 25.3 Å². The standard InChI is InChI=1S/C11H17N3O4/c12-9(15)7-3-5-13(6-7)11(18)14-4-1-2-8(14)10(16)17/h7-8H,1-6H2,(H2,12,15)(H,16,17). The van der Waals surface area contributed by atoms with Crippen LogP contribution in [0.4, 0.5) is 4.79 Å². The van der Waals surface area contributed by atoms with Gasteiger partial charge in [-0.2, -0.15) is 0 Å². The number of carbonyl (C=O) groups is 3. The molecule has 7 nitrogen and oxygen atoms in total. The maximum Gasteiger partial charge on any atom is 0.326 e. The van der Waals surface area contributed by atoms with E-state index < -0.39 is 17.9 Å². The Kier molecular flexibility index (Phi) is 3.40. The molecule has 2 aliphatic heterocycles. The van der Waals surface area contributed by atoms with Crippen LogP contribution < -0.4 is 5.73 Å². The fraction of sp³-hybridized carbons (Fsp3) is 0.727. The highest BCUT2D eigenvalue weighted by atomic mass is 16.4. The number of likely N-dealkylation sites (tertiary alicyclic amines) is 2. The number of aliphatic carboxylic acids is 1. The molecule has 0 bridgehead atoms. The topological polar surface area (TPSA) is 104 Å². The predicted molar refractivity (Wildman–Crippen MR) is 61.6 cm³/mol. The molecule has 3 N–H and O–H groups in total. The second-order valence-corrected chi connectivity index (χ2v) is 4.81. The summed E-state index contributed by atoms with van der Waals surface area (Å²) in [6, 6.07) is -1.02. The highest BCUT2D eigenvalue weighted by molar-refractivity contribution is 5.84. The first-order valence-corrected chi connectivity index (χ1v) is 6.08. The summed E-state index contributed by atoms with van der Waals surface area (Å²) >= 11 is 0. The average molecular weight is 255 g/mol. The number of carboxylic acid groups (broad SMARTS) is 1. The maximum atomic E-state index is 12.2. The fourth-order valence-corrected chi connectivity index (χ4v) is 2.60. The van der Waals surface area contributed by atoms with Gasteiger partial charge in [-0.15, -0.1) is 0 Å². The Morgan fingerprint density at radius 2 is 1.89 bits per heavy atom. The van der Waals surface area contributed by atoms with Crippen molar-refractivity contribution in [1.82, 2.24) is 9.80 Å². The summed E-state index contributed by atoms with van der Waals surface area (Å²) < 4.78 is 0. The molecule has 2 unspecified atom stereocenters. The van der Waals surface area contributed by atoms with Gasteiger partial charge in [-0.05, 0) is 19.3 Å². The van der Waals surface area contributed by atoms with Crippen molar-refractivity contribution in [2.24, 2.45) is 11.7 Å². The highest BCUT2D eigenvalue weighted by Gasteiger charge is 2.39. The highest BCUT2D eigenvalue weighted by Crippen LogP contribution is 2.23. The van der Waals surface area contributed by atoms with Crippen LogP contribution in [0.15, 0.2) is 0 Å². The minimum Gasteiger partial charge on any atom is -0.480 e. The summed E-state index contributed by atoms with van der Waals surface area (Å²) in [4.78, 5) is 37.1. The van der Waals surface area contributed by atoms with E-state index >= 15 is 0 Å². The molecule has 2 aliphatic rings. The van der Waals surface area contributed by atoms with Crippen LogP contribution in [0.3, 0.4) is 0 Å². The number of hydrogen-bond donors (Lipinski definition) is 2. The summed E-state index contributed by atoms with van der Waals surface area (Å²) in [5, 5.41) is 9.03. The Hall–Kier alpha value is -1.79. The smallest absolute Gasteiger partial charge is 0.326 e. The number of amides is 3. The first-order valence-electron chi connectivity index (χ1n) is 6.08. The molecular formula is C11H17N3O4. The van der Waals surface area contributed by atoms with Gasteiger partial charge in [0.05, 0.1) is 5.92 Å². The number of hydrogen-bond acceptors (Lipinski definition) is 3. The number of rotatable bonds is 2. The van der Waals surface area contributed by atoms with Crippen LogP contribution in [0.25, 0.3) is 0 Å². The molecule has 2 saturated heterocycles. The van der Waals surface area contributed by atoms with Gasteiger partial charge in [0.25, 0.3) is 0 Å². The zero-order valence-corrected chi connectivity index (χ0v) is 10.0. The molecular weight excluding hydrogens is 238 g/mol. The van der Waals surface area contributed by atoms with Gasteiger partial charge < -0.3 is 20.6 Å². The summed E-state index contributed by atoms with van der Waals surface area (Å²) in [6.45, 7) is 1.24. The Morgan fingerprint density at radius 3 is 2.44 bits per heavy atom. The number of nitrogens with zero attached hydrogens (tertiary/aromatic N) is 2. The van der Waals surface area contributed by atoms with Crippen molar-refractivity contribution >= 4 is 17.9 Å². The summed E-state index contributed by atoms with van der Waals surface area (Å²) in [5.74, 6) is -1.67. The lowest BCUT2D eigenvalue weighted by Gasteiger charge is -2.27. The lowest BCUT2D eigenvalue weighted by molar-refractivity contribution is -0.141. The van der Waals surface area contributed by atoms with Crippen LogP contribution in [-0.4, -0.2) is 58.5 Å². The number of carboxylic acids is 1. The quantitative estimate of drug-likeness (QED) is 0.691. The molecule has 0 aliphatic carbocycles. The summed E-state index contributed by atoms with van der Waals surface area (Å²) in [5.41, 5.74) is 5.20. The third kappa shape index (κ3) is 2.25. The van der Waals surface area contributed by atoms with Crippen LogP contribution in [0.5, 0.6) is 0 Å². The van der Waals surface area contributed by atoms with Gasteiger partial charge >= 0.3 is 12.0 Å². The molecule has 2 fully saturated rings. The van der Waals surface area contributed by atoms with Crippen molar-refractivity contribution < 1.29 is 19.5 Å². The van der Waals surface area contributed by atoms with Gasteiger partial charge in [0.15, 0.2) is 0 Å². The summed E-state index contributed by atoms with van der Waals surface area (Å²) in [6.07, 6.45) is 1.76. The largest absolute Gasteiger partial charge is 0.480 e. The Bertz CT molecular complexity index is 384. The fourth-order valence-electron chi connectivity index (χ4n) is 2.60. The molecule has 0 aromatic rings. The molecule has 2 rings (SSSR count). The van der Waals surface area contributed by atoms with Gasteiger partial charge in [-0.25, -0.2) is 9.59 Å². The zero-order chi connectivity index (χ0) is 13.3. The summed E-state index contributed by atoms with van der Waals surface area (Å²) in [7, 11) is 0. The predicted octanol–water partition coefficient (Wildman–Crippen LogP) is -0.537. The molecule has 18 heavy (non-hydrogen) atoms. The van der Waals surface area contributed by atoms with E-state index in [1.54, 1.807) is 0 Å². The van der Waals surface area contributed by atoms with Crippen molar-refractivity contribution in [2.75, 3.05) is 19.6 Å². The first kappa shape index (κ1) is 12.7. The molecule has 7 heteroatoms. The molecule has 100 valence electrons. The normalized spacial score (nSPS) is 27.6. The van der Waals surface area contributed by atoms with Gasteiger partial charge in [-0.3, -0.25) is 4.79 Å². The lowest BCUT2D eigenvalue weighted by Crippen LogP contribution is -2.47. The SMILES string of the molecule is NC(=O)C1CCN(C(=O)N2CCCC2C(=O)O)C1. The second-order valence-electron chi connectivity index (χ2n) is 4.81. The van der Waals surface area contributed by atoms with Crippen molar-refractivity contribution in [3.8, 4) is 0 Å². The Balaban J connectivity index is 2.00. The number of nitrogens with two attached hydrogens (primary N) is 1. The molecule has 2 atom stereocenters. The average Bonchev–Trinajstić information content (AvgIpc) is 2.97. The van der Waals surface area contributed by atoms with Crippen molar-refractivity contribution in [3.63, 3.8) is 0 Å². The second kappa shape index (κ2) is 4.83. The first-order chi connectivity index (χ1) is 8.50. The van der Waals surface area contributed by atoms with Gasteiger partial charge in [-0.1, -0.05) is 0 Å². The van der Waals surface area contributed by atoms with Crippen LogP contribution in [0.1, 0.15) is 19.3 Å². The van der Waals surface area contributed by atoms with E-state index in [-0.39, 0.29) is 11.9 Å². The molecule has 3 amide bonds. The van der Waals surface area contributed by atoms with Gasteiger partial charge in [0, 0.05) is 19.6 Å². The minimum absolute atomic E-state index is 0.288. The van der Waals surface area contributed by atoms with E-state index in [9.17, 15) is 14.4 Å². The van der Waals surface area contributed by atoms with Crippen molar-refractivity contribution in [1.29, 1.82) is 0 Å². The molecule has 0 aromatic heterocycles. The van der Waals surface area contributed by atoms with Gasteiger partial charge in [0.1, 0.15) is 6.04 Å². The number of primary amides is 1. The third-order valence-electron chi connectivity index (χ3n) is 3.64. The Morgan fingerprint density at radius 1 is 1.17 bits per heavy atom. The van der Waals surface area contributed by atoms with E-state index in [2.05, 4.69) is 0 Å². The van der Waals surface area contributed by atoms with E-state index in [0.29, 0.717) is 38.9 Å². The van der Waals surface area contributed by atoms with Crippen LogP contribution in [0.2, 0.25) is 0 Å². The zero-order valence-electron chi connectivity index (χ0n) is 10.0. The number of carbonyl (C=O) groups excluding carboxylic acids is 2. The van der Waals surface area contributed by atoms with Gasteiger partial charge in [0.2, 0.25) is 5.91 Å². The minimum atomic E-state index is -0.966. The third-order valence-corrected chi connectivity index (χ3v) is 3.64. The molecule has 0 saturated carbocycles. The number of urea groups is 1. The lowest BCUT2D eigenvalue weighted by atomic mass is 10.1. The van der Waals surface area contributed by atoms with Crippen LogP contribution in [0, 0.1) is 5.92 Å². The monoisotopic (exact) mass is 255 g/mol. The van der Waals surface area contributed by atoms with E-state index in [4.69, 9.17) is 10.8 Å². The maximum absolute atomic E-state index is 12.2. The van der Waals surface area contributed by atoms with E-state index in [1.807, 2.05) is 0 Å². The molecule has 2 heterocycles. The van der Waals surface area contributed by atoms with Crippen LogP contribution in [-0.2, 0) is 9.59 Å². The van der Waals surface area contributed by atoms with Crippen molar-refractivity contribution in [3.05, 3.63) is 0 Å². The molecule has 0 spiro atoms. The van der Waals surface area contributed by atoms with Crippen LogP contribution >= 0.6 is 0 Å². The van der Waals surface area contributed by atoms with E-state index in [1.165, 1.54) is 9.80 Å².